The lowest BCUT2D eigenvalue weighted by atomic mass is 10.1. The van der Waals surface area contributed by atoms with Gasteiger partial charge in [-0.05, 0) is 55.3 Å². The third kappa shape index (κ3) is 3.22. The zero-order valence-electron chi connectivity index (χ0n) is 13.6. The molecule has 24 heavy (non-hydrogen) atoms. The number of hydrogen-bond donors (Lipinski definition) is 0. The number of benzene rings is 2. The molecule has 0 fully saturated rings. The molecule has 0 saturated carbocycles. The highest BCUT2D eigenvalue weighted by Crippen LogP contribution is 2.39. The molecule has 0 atom stereocenters. The largest absolute Gasteiger partial charge is 0.489 e. The lowest BCUT2D eigenvalue weighted by molar-refractivity contribution is 0.101. The second-order valence-corrected chi connectivity index (χ2v) is 6.24. The molecule has 2 aromatic carbocycles. The van der Waals surface area contributed by atoms with Gasteiger partial charge in [0.2, 0.25) is 5.78 Å². The molecule has 1 heterocycles. The number of ketones is 1. The lowest BCUT2D eigenvalue weighted by Gasteiger charge is -2.11. The topological polar surface area (TPSA) is 35.5 Å². The van der Waals surface area contributed by atoms with Crippen LogP contribution in [0.2, 0.25) is 5.02 Å². The number of carbonyl (C=O) groups excluding carboxylic acids is 1. The molecule has 2 aromatic rings. The maximum Gasteiger partial charge on any atom is 0.231 e. The molecule has 0 amide bonds. The minimum atomic E-state index is -0.130. The van der Waals surface area contributed by atoms with Crippen LogP contribution in [0.25, 0.3) is 6.08 Å². The molecule has 1 aliphatic rings. The monoisotopic (exact) mass is 340 g/mol. The van der Waals surface area contributed by atoms with Crippen molar-refractivity contribution in [2.45, 2.75) is 13.8 Å². The van der Waals surface area contributed by atoms with E-state index in [0.717, 1.165) is 16.7 Å². The molecule has 3 nitrogen and oxygen atoms in total. The molecule has 0 N–H and O–H groups in total. The first-order chi connectivity index (χ1) is 11.5. The van der Waals surface area contributed by atoms with E-state index in [0.29, 0.717) is 34.5 Å². The van der Waals surface area contributed by atoms with E-state index in [4.69, 9.17) is 21.1 Å². The fourth-order valence-electron chi connectivity index (χ4n) is 2.44. The van der Waals surface area contributed by atoms with E-state index in [1.165, 1.54) is 0 Å². The van der Waals surface area contributed by atoms with Crippen molar-refractivity contribution in [1.29, 1.82) is 0 Å². The van der Waals surface area contributed by atoms with E-state index < -0.39 is 0 Å². The maximum absolute atomic E-state index is 12.5. The average Bonchev–Trinajstić information content (AvgIpc) is 2.86. The van der Waals surface area contributed by atoms with Crippen LogP contribution < -0.4 is 9.47 Å². The van der Waals surface area contributed by atoms with E-state index in [9.17, 15) is 4.79 Å². The highest BCUT2D eigenvalue weighted by Gasteiger charge is 2.30. The number of halogens is 1. The smallest absolute Gasteiger partial charge is 0.231 e. The number of rotatable bonds is 4. The van der Waals surface area contributed by atoms with Crippen molar-refractivity contribution >= 4 is 23.5 Å². The minimum absolute atomic E-state index is 0.130. The molecular weight excluding hydrogens is 324 g/mol. The van der Waals surface area contributed by atoms with Crippen LogP contribution in [0.1, 0.15) is 28.4 Å². The second kappa shape index (κ2) is 6.54. The van der Waals surface area contributed by atoms with Crippen molar-refractivity contribution in [3.8, 4) is 11.5 Å². The van der Waals surface area contributed by atoms with Crippen LogP contribution in [0.4, 0.5) is 0 Å². The van der Waals surface area contributed by atoms with Gasteiger partial charge in [0.25, 0.3) is 0 Å². The van der Waals surface area contributed by atoms with Crippen molar-refractivity contribution in [1.82, 2.24) is 0 Å². The predicted octanol–water partition coefficient (Wildman–Crippen LogP) is 5.22. The molecular formula is C20H17ClO3. The molecule has 0 radical (unpaired) electrons. The van der Waals surface area contributed by atoms with Gasteiger partial charge in [-0.25, -0.2) is 0 Å². The van der Waals surface area contributed by atoms with Crippen molar-refractivity contribution in [2.24, 2.45) is 0 Å². The van der Waals surface area contributed by atoms with Crippen molar-refractivity contribution in [3.05, 3.63) is 76.0 Å². The molecule has 0 spiro atoms. The van der Waals surface area contributed by atoms with Crippen LogP contribution in [-0.2, 0) is 0 Å². The summed E-state index contributed by atoms with van der Waals surface area (Å²) < 4.78 is 11.5. The van der Waals surface area contributed by atoms with Crippen LogP contribution in [-0.4, -0.2) is 12.4 Å². The van der Waals surface area contributed by atoms with E-state index in [-0.39, 0.29) is 5.78 Å². The van der Waals surface area contributed by atoms with Gasteiger partial charge in [-0.3, -0.25) is 4.79 Å². The van der Waals surface area contributed by atoms with Crippen molar-refractivity contribution in [2.75, 3.05) is 6.61 Å². The third-order valence-corrected chi connectivity index (χ3v) is 3.93. The summed E-state index contributed by atoms with van der Waals surface area (Å²) in [6, 6.07) is 10.8. The van der Waals surface area contributed by atoms with Gasteiger partial charge in [0.15, 0.2) is 5.76 Å². The van der Waals surface area contributed by atoms with Gasteiger partial charge in [-0.2, -0.15) is 0 Å². The summed E-state index contributed by atoms with van der Waals surface area (Å²) in [6.07, 6.45) is 1.71. The second-order valence-electron chi connectivity index (χ2n) is 5.80. The Morgan fingerprint density at radius 3 is 2.62 bits per heavy atom. The van der Waals surface area contributed by atoms with E-state index in [1.807, 2.05) is 26.0 Å². The number of hydrogen-bond acceptors (Lipinski definition) is 3. The molecule has 1 aliphatic heterocycles. The maximum atomic E-state index is 12.5. The van der Waals surface area contributed by atoms with E-state index in [1.54, 1.807) is 30.3 Å². The van der Waals surface area contributed by atoms with Crippen molar-refractivity contribution in [3.63, 3.8) is 0 Å². The molecule has 0 aromatic heterocycles. The van der Waals surface area contributed by atoms with Crippen LogP contribution >= 0.6 is 11.6 Å². The Morgan fingerprint density at radius 2 is 1.96 bits per heavy atom. The Morgan fingerprint density at radius 1 is 1.25 bits per heavy atom. The summed E-state index contributed by atoms with van der Waals surface area (Å²) in [5.74, 6) is 1.42. The molecule has 0 aliphatic carbocycles. The summed E-state index contributed by atoms with van der Waals surface area (Å²) in [7, 11) is 0. The lowest BCUT2D eigenvalue weighted by Crippen LogP contribution is -2.00. The van der Waals surface area contributed by atoms with Gasteiger partial charge in [0.1, 0.15) is 18.1 Å². The van der Waals surface area contributed by atoms with Crippen LogP contribution in [0.5, 0.6) is 11.5 Å². The molecule has 3 rings (SSSR count). The number of allylic oxidation sites excluding steroid dienone is 1. The number of carbonyl (C=O) groups is 1. The average molecular weight is 341 g/mol. The molecule has 0 saturated heterocycles. The normalized spacial score (nSPS) is 14.5. The van der Waals surface area contributed by atoms with Crippen LogP contribution in [0.3, 0.4) is 0 Å². The summed E-state index contributed by atoms with van der Waals surface area (Å²) in [5, 5.41) is 0.647. The Balaban J connectivity index is 1.90. The summed E-state index contributed by atoms with van der Waals surface area (Å²) in [5.41, 5.74) is 3.14. The highest BCUT2D eigenvalue weighted by molar-refractivity contribution is 6.30. The summed E-state index contributed by atoms with van der Waals surface area (Å²) in [4.78, 5) is 12.5. The Hall–Kier alpha value is -2.52. The fourth-order valence-corrected chi connectivity index (χ4v) is 2.56. The third-order valence-electron chi connectivity index (χ3n) is 3.68. The predicted molar refractivity (Wildman–Crippen MR) is 95.9 cm³/mol. The van der Waals surface area contributed by atoms with Crippen molar-refractivity contribution < 1.29 is 14.3 Å². The minimum Gasteiger partial charge on any atom is -0.489 e. The SMILES string of the molecule is C=C(C)COc1ccc2c(c1C)O/C(=C\c1ccc(Cl)cc1)C2=O. The van der Waals surface area contributed by atoms with Crippen LogP contribution in [0.15, 0.2) is 54.3 Å². The van der Waals surface area contributed by atoms with Gasteiger partial charge in [0, 0.05) is 10.6 Å². The molecule has 4 heteroatoms. The molecule has 0 bridgehead atoms. The Kier molecular flexibility index (Phi) is 4.45. The first-order valence-corrected chi connectivity index (χ1v) is 7.94. The first-order valence-electron chi connectivity index (χ1n) is 7.56. The Labute approximate surface area is 146 Å². The summed E-state index contributed by atoms with van der Waals surface area (Å²) in [6.45, 7) is 8.03. The van der Waals surface area contributed by atoms with Gasteiger partial charge in [0.05, 0.1) is 5.56 Å². The molecule has 122 valence electrons. The van der Waals surface area contributed by atoms with Gasteiger partial charge >= 0.3 is 0 Å². The number of fused-ring (bicyclic) bond motifs is 1. The quantitative estimate of drug-likeness (QED) is 0.565. The molecule has 0 unspecified atom stereocenters. The van der Waals surface area contributed by atoms with Gasteiger partial charge in [-0.15, -0.1) is 0 Å². The number of Topliss-reactive ketones (excluding diaryl/α,β-unsaturated/α-hetero) is 1. The highest BCUT2D eigenvalue weighted by atomic mass is 35.5. The zero-order valence-corrected chi connectivity index (χ0v) is 14.3. The van der Waals surface area contributed by atoms with Gasteiger partial charge < -0.3 is 9.47 Å². The van der Waals surface area contributed by atoms with Gasteiger partial charge in [-0.1, -0.05) is 30.3 Å². The number of ether oxygens (including phenoxy) is 2. The van der Waals surface area contributed by atoms with Crippen LogP contribution in [0, 0.1) is 6.92 Å². The van der Waals surface area contributed by atoms with E-state index in [2.05, 4.69) is 6.58 Å². The van der Waals surface area contributed by atoms with E-state index >= 15 is 0 Å². The summed E-state index contributed by atoms with van der Waals surface area (Å²) >= 11 is 5.88. The Bertz CT molecular complexity index is 848. The first kappa shape index (κ1) is 16.3. The fraction of sp³-hybridized carbons (Fsp3) is 0.150. The standard InChI is InChI=1S/C20H17ClO3/c1-12(2)11-23-17-9-8-16-19(22)18(24-20(16)13(17)3)10-14-4-6-15(21)7-5-14/h4-10H,1,11H2,2-3H3/b18-10-. The zero-order chi connectivity index (χ0) is 17.3.